The molecule has 0 saturated carbocycles. The van der Waals surface area contributed by atoms with Gasteiger partial charge in [-0.2, -0.15) is 13.2 Å². The molecule has 0 radical (unpaired) electrons. The molecule has 1 aromatic carbocycles. The number of hydrogen-bond acceptors (Lipinski definition) is 6. The van der Waals surface area contributed by atoms with Gasteiger partial charge in [0.15, 0.2) is 11.7 Å². The van der Waals surface area contributed by atoms with Gasteiger partial charge in [-0.1, -0.05) is 11.3 Å². The average molecular weight is 400 g/mol. The molecule has 0 bridgehead atoms. The number of carbonyl (C=O) groups excluding carboxylic acids is 1. The summed E-state index contributed by atoms with van der Waals surface area (Å²) in [6, 6.07) is 4.22. The Morgan fingerprint density at radius 2 is 2.25 bits per heavy atom. The van der Waals surface area contributed by atoms with Crippen LogP contribution in [0.3, 0.4) is 0 Å². The minimum Gasteiger partial charge on any atom is -0.484 e. The standard InChI is InChI=1S/C13H12F3N3O2S2.ClH/c14-13(15,16)5-21-7-1-2-8-10(3-7)23-12(18-8)19-11(20)9-4-22-6-17-9;/h1-3,9,17H,4-6H2,(H,18,19,20);1H. The Kier molecular flexibility index (Phi) is 6.18. The molecule has 1 aliphatic rings. The Bertz CT molecular complexity index is 720. The van der Waals surface area contributed by atoms with E-state index < -0.39 is 12.8 Å². The molecule has 1 unspecified atom stereocenters. The van der Waals surface area contributed by atoms with E-state index in [1.807, 2.05) is 0 Å². The molecule has 132 valence electrons. The number of carbonyl (C=O) groups is 1. The van der Waals surface area contributed by atoms with Crippen LogP contribution in [0.2, 0.25) is 0 Å². The monoisotopic (exact) mass is 399 g/mol. The first-order valence-electron chi connectivity index (χ1n) is 6.63. The van der Waals surface area contributed by atoms with Crippen molar-refractivity contribution in [3.8, 4) is 5.75 Å². The normalized spacial score (nSPS) is 17.5. The Hall–Kier alpha value is -1.23. The molecular weight excluding hydrogens is 387 g/mol. The SMILES string of the molecule is Cl.O=C(Nc1nc2ccc(OCC(F)(F)F)cc2s1)C1CSCN1. The third-order valence-electron chi connectivity index (χ3n) is 3.03. The highest BCUT2D eigenvalue weighted by Crippen LogP contribution is 2.30. The average Bonchev–Trinajstić information content (AvgIpc) is 3.12. The van der Waals surface area contributed by atoms with Crippen molar-refractivity contribution < 1.29 is 22.7 Å². The molecule has 24 heavy (non-hydrogen) atoms. The fourth-order valence-electron chi connectivity index (χ4n) is 1.97. The highest BCUT2D eigenvalue weighted by atomic mass is 35.5. The van der Waals surface area contributed by atoms with Crippen LogP contribution in [-0.2, 0) is 4.79 Å². The van der Waals surface area contributed by atoms with E-state index in [1.54, 1.807) is 17.8 Å². The van der Waals surface area contributed by atoms with Crippen molar-refractivity contribution in [2.24, 2.45) is 0 Å². The number of amides is 1. The molecule has 5 nitrogen and oxygen atoms in total. The highest BCUT2D eigenvalue weighted by Gasteiger charge is 2.28. The third-order valence-corrected chi connectivity index (χ3v) is 4.90. The molecule has 2 aromatic rings. The Morgan fingerprint density at radius 3 is 2.92 bits per heavy atom. The van der Waals surface area contributed by atoms with Crippen LogP contribution < -0.4 is 15.4 Å². The highest BCUT2D eigenvalue weighted by molar-refractivity contribution is 7.99. The number of nitrogens with one attached hydrogen (secondary N) is 2. The first kappa shape index (κ1) is 19.1. The molecule has 0 aliphatic carbocycles. The van der Waals surface area contributed by atoms with Gasteiger partial charge in [0.05, 0.1) is 16.3 Å². The Balaban J connectivity index is 0.00000208. The van der Waals surface area contributed by atoms with Crippen LogP contribution in [0.4, 0.5) is 18.3 Å². The zero-order chi connectivity index (χ0) is 16.4. The van der Waals surface area contributed by atoms with E-state index in [0.717, 1.165) is 5.88 Å². The molecule has 1 atom stereocenters. The van der Waals surface area contributed by atoms with Gasteiger partial charge in [0, 0.05) is 11.6 Å². The molecule has 1 amide bonds. The predicted octanol–water partition coefficient (Wildman–Crippen LogP) is 3.26. The van der Waals surface area contributed by atoms with Crippen molar-refractivity contribution >= 4 is 56.8 Å². The number of aromatic nitrogens is 1. The van der Waals surface area contributed by atoms with Crippen LogP contribution in [0, 0.1) is 0 Å². The van der Waals surface area contributed by atoms with Crippen LogP contribution in [0.5, 0.6) is 5.75 Å². The van der Waals surface area contributed by atoms with Crippen LogP contribution in [0.25, 0.3) is 10.2 Å². The van der Waals surface area contributed by atoms with Gasteiger partial charge in [-0.25, -0.2) is 4.98 Å². The van der Waals surface area contributed by atoms with E-state index in [4.69, 9.17) is 4.74 Å². The van der Waals surface area contributed by atoms with E-state index in [2.05, 4.69) is 15.6 Å². The second-order valence-electron chi connectivity index (χ2n) is 4.81. The van der Waals surface area contributed by atoms with Gasteiger partial charge in [-0.3, -0.25) is 10.1 Å². The van der Waals surface area contributed by atoms with Crippen LogP contribution >= 0.6 is 35.5 Å². The quantitative estimate of drug-likeness (QED) is 0.826. The third kappa shape index (κ3) is 4.88. The fraction of sp³-hybridized carbons (Fsp3) is 0.385. The molecule has 2 N–H and O–H groups in total. The Labute approximate surface area is 149 Å². The molecule has 0 spiro atoms. The molecule has 1 saturated heterocycles. The number of anilines is 1. The van der Waals surface area contributed by atoms with Crippen molar-refractivity contribution in [1.82, 2.24) is 10.3 Å². The molecule has 11 heteroatoms. The van der Waals surface area contributed by atoms with Crippen molar-refractivity contribution in [3.63, 3.8) is 0 Å². The van der Waals surface area contributed by atoms with Gasteiger partial charge < -0.3 is 10.1 Å². The summed E-state index contributed by atoms with van der Waals surface area (Å²) in [6.45, 7) is -1.34. The molecule has 2 heterocycles. The minimum atomic E-state index is -4.38. The second-order valence-corrected chi connectivity index (χ2v) is 6.87. The number of nitrogens with zero attached hydrogens (tertiary/aromatic N) is 1. The number of alkyl halides is 3. The number of halogens is 4. The van der Waals surface area contributed by atoms with Crippen LogP contribution in [0.15, 0.2) is 18.2 Å². The molecule has 1 aliphatic heterocycles. The lowest BCUT2D eigenvalue weighted by Crippen LogP contribution is -2.37. The fourth-order valence-corrected chi connectivity index (χ4v) is 3.81. The number of ether oxygens (including phenoxy) is 1. The van der Waals surface area contributed by atoms with Crippen LogP contribution in [-0.4, -0.2) is 41.3 Å². The maximum Gasteiger partial charge on any atom is 0.422 e. The number of benzene rings is 1. The number of fused-ring (bicyclic) bond motifs is 1. The summed E-state index contributed by atoms with van der Waals surface area (Å²) in [7, 11) is 0. The molecule has 1 aromatic heterocycles. The predicted molar refractivity (Wildman–Crippen MR) is 91.3 cm³/mol. The number of rotatable bonds is 4. The van der Waals surface area contributed by atoms with E-state index in [0.29, 0.717) is 21.1 Å². The second kappa shape index (κ2) is 7.77. The van der Waals surface area contributed by atoms with E-state index in [9.17, 15) is 18.0 Å². The van der Waals surface area contributed by atoms with Gasteiger partial charge in [0.1, 0.15) is 5.75 Å². The smallest absolute Gasteiger partial charge is 0.422 e. The Morgan fingerprint density at radius 1 is 1.46 bits per heavy atom. The van der Waals surface area contributed by atoms with Crippen molar-refractivity contribution in [2.45, 2.75) is 12.2 Å². The maximum atomic E-state index is 12.2. The minimum absolute atomic E-state index is 0. The maximum absolute atomic E-state index is 12.2. The lowest BCUT2D eigenvalue weighted by atomic mass is 10.3. The van der Waals surface area contributed by atoms with Gasteiger partial charge in [-0.05, 0) is 18.2 Å². The number of thiazole rings is 1. The topological polar surface area (TPSA) is 63.2 Å². The van der Waals surface area contributed by atoms with Gasteiger partial charge in [0.2, 0.25) is 5.91 Å². The van der Waals surface area contributed by atoms with Crippen molar-refractivity contribution in [2.75, 3.05) is 23.6 Å². The molecular formula is C13H13ClF3N3O2S2. The van der Waals surface area contributed by atoms with Crippen molar-refractivity contribution in [1.29, 1.82) is 0 Å². The zero-order valence-corrected chi connectivity index (χ0v) is 14.5. The van der Waals surface area contributed by atoms with Crippen LogP contribution in [0.1, 0.15) is 0 Å². The first-order chi connectivity index (χ1) is 10.9. The summed E-state index contributed by atoms with van der Waals surface area (Å²) in [5.41, 5.74) is 0.596. The summed E-state index contributed by atoms with van der Waals surface area (Å²) in [6.07, 6.45) is -4.38. The first-order valence-corrected chi connectivity index (χ1v) is 8.60. The van der Waals surface area contributed by atoms with Gasteiger partial charge in [-0.15, -0.1) is 24.2 Å². The lowest BCUT2D eigenvalue weighted by Gasteiger charge is -2.08. The lowest BCUT2D eigenvalue weighted by molar-refractivity contribution is -0.153. The molecule has 1 fully saturated rings. The van der Waals surface area contributed by atoms with Gasteiger partial charge >= 0.3 is 6.18 Å². The summed E-state index contributed by atoms with van der Waals surface area (Å²) >= 11 is 2.83. The van der Waals surface area contributed by atoms with E-state index in [-0.39, 0.29) is 30.1 Å². The van der Waals surface area contributed by atoms with E-state index in [1.165, 1.54) is 23.5 Å². The summed E-state index contributed by atoms with van der Waals surface area (Å²) in [5.74, 6) is 1.39. The molecule has 3 rings (SSSR count). The van der Waals surface area contributed by atoms with Gasteiger partial charge in [0.25, 0.3) is 0 Å². The van der Waals surface area contributed by atoms with Crippen molar-refractivity contribution in [3.05, 3.63) is 18.2 Å². The summed E-state index contributed by atoms with van der Waals surface area (Å²) < 4.78 is 41.8. The van der Waals surface area contributed by atoms with E-state index >= 15 is 0 Å². The largest absolute Gasteiger partial charge is 0.484 e. The number of hydrogen-bond donors (Lipinski definition) is 2. The number of thioether (sulfide) groups is 1. The zero-order valence-electron chi connectivity index (χ0n) is 12.1. The summed E-state index contributed by atoms with van der Waals surface area (Å²) in [5, 5.41) is 6.19. The summed E-state index contributed by atoms with van der Waals surface area (Å²) in [4.78, 5) is 16.2.